The Hall–Kier alpha value is -0.660. The van der Waals surface area contributed by atoms with E-state index >= 15 is 0 Å². The number of nitrogens with zero attached hydrogens (tertiary/aromatic N) is 3. The summed E-state index contributed by atoms with van der Waals surface area (Å²) in [5.41, 5.74) is 0. The van der Waals surface area contributed by atoms with Crippen molar-refractivity contribution < 1.29 is 13.2 Å². The summed E-state index contributed by atoms with van der Waals surface area (Å²) in [7, 11) is -3.28. The van der Waals surface area contributed by atoms with E-state index in [0.717, 1.165) is 26.1 Å². The molecule has 0 aromatic heterocycles. The number of carbonyl (C=O) groups excluding carboxylic acids is 1. The fraction of sp³-hybridized carbons (Fsp3) is 0.917. The number of rotatable bonds is 3. The summed E-state index contributed by atoms with van der Waals surface area (Å²) in [5.74, 6) is -0.0151. The van der Waals surface area contributed by atoms with Crippen molar-refractivity contribution in [1.82, 2.24) is 14.1 Å². The van der Waals surface area contributed by atoms with Gasteiger partial charge in [0.05, 0.1) is 6.26 Å². The highest BCUT2D eigenvalue weighted by atomic mass is 32.2. The van der Waals surface area contributed by atoms with Crippen LogP contribution in [0.4, 0.5) is 0 Å². The monoisotopic (exact) mass is 289 g/mol. The van der Waals surface area contributed by atoms with E-state index in [1.165, 1.54) is 10.6 Å². The van der Waals surface area contributed by atoms with Crippen LogP contribution >= 0.6 is 0 Å². The number of hydrogen-bond acceptors (Lipinski definition) is 4. The Balaban J connectivity index is 2.00. The quantitative estimate of drug-likeness (QED) is 0.708. The highest BCUT2D eigenvalue weighted by molar-refractivity contribution is 7.88. The number of hydrogen-bond donors (Lipinski definition) is 0. The van der Waals surface area contributed by atoms with Crippen molar-refractivity contribution in [3.63, 3.8) is 0 Å². The summed E-state index contributed by atoms with van der Waals surface area (Å²) < 4.78 is 24.7. The molecule has 0 bridgehead atoms. The van der Waals surface area contributed by atoms with Crippen molar-refractivity contribution in [3.8, 4) is 0 Å². The van der Waals surface area contributed by atoms with Crippen LogP contribution in [0.5, 0.6) is 0 Å². The Morgan fingerprint density at radius 1 is 1.16 bits per heavy atom. The molecule has 1 amide bonds. The SMILES string of the molecule is CCN1CCN(C(=O)C2CCCN2S(C)(=O)=O)CC1. The molecule has 1 atom stereocenters. The minimum absolute atomic E-state index is 0.0151. The molecule has 0 aromatic carbocycles. The molecule has 2 aliphatic heterocycles. The second kappa shape index (κ2) is 5.76. The average Bonchev–Trinajstić information content (AvgIpc) is 2.87. The van der Waals surface area contributed by atoms with Crippen LogP contribution in [0, 0.1) is 0 Å². The van der Waals surface area contributed by atoms with Gasteiger partial charge in [0.25, 0.3) is 0 Å². The lowest BCUT2D eigenvalue weighted by atomic mass is 10.2. The Morgan fingerprint density at radius 3 is 2.32 bits per heavy atom. The van der Waals surface area contributed by atoms with Gasteiger partial charge in [0, 0.05) is 32.7 Å². The lowest BCUT2D eigenvalue weighted by molar-refractivity contribution is -0.136. The van der Waals surface area contributed by atoms with Gasteiger partial charge < -0.3 is 9.80 Å². The smallest absolute Gasteiger partial charge is 0.241 e. The van der Waals surface area contributed by atoms with E-state index in [0.29, 0.717) is 26.1 Å². The molecular weight excluding hydrogens is 266 g/mol. The lowest BCUT2D eigenvalue weighted by Gasteiger charge is -2.36. The van der Waals surface area contributed by atoms with Gasteiger partial charge in [0.2, 0.25) is 15.9 Å². The van der Waals surface area contributed by atoms with Gasteiger partial charge in [-0.2, -0.15) is 4.31 Å². The van der Waals surface area contributed by atoms with E-state index in [-0.39, 0.29) is 5.91 Å². The Labute approximate surface area is 115 Å². The van der Waals surface area contributed by atoms with Crippen LogP contribution in [0.2, 0.25) is 0 Å². The molecule has 19 heavy (non-hydrogen) atoms. The van der Waals surface area contributed by atoms with E-state index in [1.807, 2.05) is 4.90 Å². The molecule has 6 nitrogen and oxygen atoms in total. The summed E-state index contributed by atoms with van der Waals surface area (Å²) in [5, 5.41) is 0. The van der Waals surface area contributed by atoms with Crippen LogP contribution < -0.4 is 0 Å². The predicted molar refractivity (Wildman–Crippen MR) is 73.3 cm³/mol. The minimum Gasteiger partial charge on any atom is -0.339 e. The maximum atomic E-state index is 12.5. The standard InChI is InChI=1S/C12H23N3O3S/c1-3-13-7-9-14(10-8-13)12(16)11-5-4-6-15(11)19(2,17)18/h11H,3-10H2,1-2H3. The van der Waals surface area contributed by atoms with Crippen LogP contribution in [0.1, 0.15) is 19.8 Å². The summed E-state index contributed by atoms with van der Waals surface area (Å²) in [4.78, 5) is 16.6. The first-order valence-electron chi connectivity index (χ1n) is 6.91. The maximum Gasteiger partial charge on any atom is 0.241 e. The first-order valence-corrected chi connectivity index (χ1v) is 8.76. The van der Waals surface area contributed by atoms with Crippen LogP contribution in [-0.4, -0.2) is 80.0 Å². The van der Waals surface area contributed by atoms with E-state index in [4.69, 9.17) is 0 Å². The maximum absolute atomic E-state index is 12.5. The Bertz CT molecular complexity index is 430. The van der Waals surface area contributed by atoms with Gasteiger partial charge in [-0.15, -0.1) is 0 Å². The van der Waals surface area contributed by atoms with E-state index in [9.17, 15) is 13.2 Å². The van der Waals surface area contributed by atoms with Crippen molar-refractivity contribution in [2.45, 2.75) is 25.8 Å². The summed E-state index contributed by atoms with van der Waals surface area (Å²) >= 11 is 0. The summed E-state index contributed by atoms with van der Waals surface area (Å²) in [6.45, 7) is 6.77. The van der Waals surface area contributed by atoms with Gasteiger partial charge in [-0.25, -0.2) is 8.42 Å². The van der Waals surface area contributed by atoms with Gasteiger partial charge >= 0.3 is 0 Å². The third-order valence-corrected chi connectivity index (χ3v) is 5.33. The van der Waals surface area contributed by atoms with E-state index in [1.54, 1.807) is 0 Å². The van der Waals surface area contributed by atoms with Crippen molar-refractivity contribution in [3.05, 3.63) is 0 Å². The summed E-state index contributed by atoms with van der Waals surface area (Å²) in [6, 6.07) is -0.469. The fourth-order valence-electron chi connectivity index (χ4n) is 2.88. The molecule has 1 unspecified atom stereocenters. The molecule has 0 spiro atoms. The Kier molecular flexibility index (Phi) is 4.47. The van der Waals surface area contributed by atoms with Gasteiger partial charge in [0.1, 0.15) is 6.04 Å². The van der Waals surface area contributed by atoms with Crippen LogP contribution in [0.25, 0.3) is 0 Å². The van der Waals surface area contributed by atoms with Crippen LogP contribution in [0.15, 0.2) is 0 Å². The second-order valence-corrected chi connectivity index (χ2v) is 7.23. The fourth-order valence-corrected chi connectivity index (χ4v) is 4.00. The minimum atomic E-state index is -3.28. The molecule has 0 aromatic rings. The molecule has 2 rings (SSSR count). The van der Waals surface area contributed by atoms with Crippen LogP contribution in [-0.2, 0) is 14.8 Å². The van der Waals surface area contributed by atoms with Crippen molar-refractivity contribution in [2.75, 3.05) is 45.5 Å². The number of likely N-dealkylation sites (N-methyl/N-ethyl adjacent to an activating group) is 1. The second-order valence-electron chi connectivity index (χ2n) is 5.29. The molecule has 110 valence electrons. The first kappa shape index (κ1) is 14.7. The predicted octanol–water partition coefficient (Wildman–Crippen LogP) is -0.425. The Morgan fingerprint density at radius 2 is 1.79 bits per heavy atom. The third kappa shape index (κ3) is 3.27. The highest BCUT2D eigenvalue weighted by Crippen LogP contribution is 2.22. The van der Waals surface area contributed by atoms with Gasteiger partial charge in [-0.05, 0) is 19.4 Å². The zero-order valence-electron chi connectivity index (χ0n) is 11.7. The van der Waals surface area contributed by atoms with Gasteiger partial charge in [-0.3, -0.25) is 4.79 Å². The molecule has 2 aliphatic rings. The van der Waals surface area contributed by atoms with Crippen LogP contribution in [0.3, 0.4) is 0 Å². The highest BCUT2D eigenvalue weighted by Gasteiger charge is 2.39. The molecule has 0 aliphatic carbocycles. The number of amides is 1. The van der Waals surface area contributed by atoms with Crippen molar-refractivity contribution in [2.24, 2.45) is 0 Å². The lowest BCUT2D eigenvalue weighted by Crippen LogP contribution is -2.54. The molecule has 2 heterocycles. The van der Waals surface area contributed by atoms with E-state index in [2.05, 4.69) is 11.8 Å². The van der Waals surface area contributed by atoms with E-state index < -0.39 is 16.1 Å². The van der Waals surface area contributed by atoms with Crippen molar-refractivity contribution >= 4 is 15.9 Å². The zero-order valence-corrected chi connectivity index (χ0v) is 12.5. The van der Waals surface area contributed by atoms with Crippen molar-refractivity contribution in [1.29, 1.82) is 0 Å². The summed E-state index contributed by atoms with van der Waals surface area (Å²) in [6.07, 6.45) is 2.62. The van der Waals surface area contributed by atoms with Gasteiger partial charge in [-0.1, -0.05) is 6.92 Å². The third-order valence-electron chi connectivity index (χ3n) is 4.05. The molecule has 0 saturated carbocycles. The topological polar surface area (TPSA) is 60.9 Å². The molecular formula is C12H23N3O3S. The molecule has 0 N–H and O–H groups in total. The number of carbonyl (C=O) groups is 1. The van der Waals surface area contributed by atoms with Gasteiger partial charge in [0.15, 0.2) is 0 Å². The normalized spacial score (nSPS) is 26.8. The number of piperazine rings is 1. The molecule has 0 radical (unpaired) electrons. The first-order chi connectivity index (χ1) is 8.93. The molecule has 7 heteroatoms. The number of sulfonamides is 1. The molecule has 2 fully saturated rings. The zero-order chi connectivity index (χ0) is 14.0. The molecule has 2 saturated heterocycles. The largest absolute Gasteiger partial charge is 0.339 e. The average molecular weight is 289 g/mol.